The van der Waals surface area contributed by atoms with Crippen molar-refractivity contribution in [2.24, 2.45) is 29.6 Å². The van der Waals surface area contributed by atoms with Gasteiger partial charge in [0.2, 0.25) is 5.75 Å². The summed E-state index contributed by atoms with van der Waals surface area (Å²) >= 11 is 0. The zero-order valence-electron chi connectivity index (χ0n) is 28.0. The summed E-state index contributed by atoms with van der Waals surface area (Å²) in [6.07, 6.45) is 0.376. The molecule has 1 aliphatic rings. The van der Waals surface area contributed by atoms with Crippen molar-refractivity contribution in [2.45, 2.75) is 53.4 Å². The predicted molar refractivity (Wildman–Crippen MR) is 168 cm³/mol. The second-order valence-corrected chi connectivity index (χ2v) is 12.2. The third-order valence-corrected chi connectivity index (χ3v) is 8.17. The standard InChI is InChI=1S/C35H46O10/c1-18(2)11-25(36)24(26(37)12-19(3)4)17-45-35(39)31-20(5)33(38)23-16-28(41-7)27(40-6)15-22(23)32(31)21-13-29(42-8)34(44-10)30(14-21)43-9/h13-16,18-20,24,31-32H,11-12,17H2,1-10H3. The number of fused-ring (bicyclic) bond motifs is 1. The van der Waals surface area contributed by atoms with Crippen molar-refractivity contribution in [2.75, 3.05) is 42.2 Å². The average molecular weight is 627 g/mol. The minimum absolute atomic E-state index is 0.0337. The third kappa shape index (κ3) is 7.60. The fourth-order valence-electron chi connectivity index (χ4n) is 5.98. The van der Waals surface area contributed by atoms with E-state index in [2.05, 4.69) is 0 Å². The zero-order chi connectivity index (χ0) is 33.6. The first-order valence-corrected chi connectivity index (χ1v) is 15.1. The Morgan fingerprint density at radius 1 is 0.711 bits per heavy atom. The molecule has 2 aromatic rings. The highest BCUT2D eigenvalue weighted by Gasteiger charge is 2.47. The fourth-order valence-corrected chi connectivity index (χ4v) is 5.98. The lowest BCUT2D eigenvalue weighted by molar-refractivity contribution is -0.154. The Labute approximate surface area is 265 Å². The largest absolute Gasteiger partial charge is 0.493 e. The van der Waals surface area contributed by atoms with Crippen molar-refractivity contribution >= 4 is 23.3 Å². The molecule has 0 amide bonds. The van der Waals surface area contributed by atoms with Crippen LogP contribution in [-0.2, 0) is 19.1 Å². The van der Waals surface area contributed by atoms with Crippen LogP contribution in [0.5, 0.6) is 28.7 Å². The van der Waals surface area contributed by atoms with Crippen molar-refractivity contribution in [3.63, 3.8) is 0 Å². The summed E-state index contributed by atoms with van der Waals surface area (Å²) in [4.78, 5) is 54.2. The maximum absolute atomic E-state index is 14.1. The predicted octanol–water partition coefficient (Wildman–Crippen LogP) is 5.70. The van der Waals surface area contributed by atoms with Crippen LogP contribution >= 0.6 is 0 Å². The number of carbonyl (C=O) groups excluding carboxylic acids is 4. The van der Waals surface area contributed by atoms with E-state index in [9.17, 15) is 19.2 Å². The number of benzene rings is 2. The molecule has 1 aliphatic carbocycles. The Balaban J connectivity index is 2.18. The minimum atomic E-state index is -1.08. The molecule has 0 aromatic heterocycles. The topological polar surface area (TPSA) is 124 Å². The van der Waals surface area contributed by atoms with Gasteiger partial charge in [0.1, 0.15) is 24.1 Å². The van der Waals surface area contributed by atoms with Crippen LogP contribution in [0.15, 0.2) is 24.3 Å². The molecule has 2 aromatic carbocycles. The van der Waals surface area contributed by atoms with E-state index in [1.54, 1.807) is 31.2 Å². The summed E-state index contributed by atoms with van der Waals surface area (Å²) in [5.74, 6) is -3.26. The molecule has 3 unspecified atom stereocenters. The molecule has 0 fully saturated rings. The highest BCUT2D eigenvalue weighted by atomic mass is 16.5. The maximum Gasteiger partial charge on any atom is 0.310 e. The van der Waals surface area contributed by atoms with Crippen LogP contribution < -0.4 is 23.7 Å². The van der Waals surface area contributed by atoms with Gasteiger partial charge in [0.25, 0.3) is 0 Å². The number of hydrogen-bond donors (Lipinski definition) is 0. The lowest BCUT2D eigenvalue weighted by atomic mass is 9.66. The molecule has 246 valence electrons. The molecule has 0 aliphatic heterocycles. The Hall–Kier alpha value is -4.08. The van der Waals surface area contributed by atoms with Gasteiger partial charge in [-0.15, -0.1) is 0 Å². The van der Waals surface area contributed by atoms with Crippen LogP contribution in [0.3, 0.4) is 0 Å². The highest BCUT2D eigenvalue weighted by Crippen LogP contribution is 2.50. The molecule has 0 saturated carbocycles. The summed E-state index contributed by atoms with van der Waals surface area (Å²) in [6.45, 7) is 8.86. The van der Waals surface area contributed by atoms with Crippen LogP contribution in [0, 0.1) is 29.6 Å². The molecular weight excluding hydrogens is 580 g/mol. The van der Waals surface area contributed by atoms with E-state index in [1.807, 2.05) is 27.7 Å². The van der Waals surface area contributed by atoms with Gasteiger partial charge in [0.15, 0.2) is 28.8 Å². The lowest BCUT2D eigenvalue weighted by Crippen LogP contribution is -2.41. The Morgan fingerprint density at radius 2 is 1.20 bits per heavy atom. The van der Waals surface area contributed by atoms with E-state index in [4.69, 9.17) is 28.4 Å². The number of Topliss-reactive ketones (excluding diaryl/α,β-unsaturated/α-hetero) is 3. The van der Waals surface area contributed by atoms with Crippen molar-refractivity contribution < 1.29 is 47.6 Å². The third-order valence-electron chi connectivity index (χ3n) is 8.17. The van der Waals surface area contributed by atoms with Crippen LogP contribution in [0.4, 0.5) is 0 Å². The normalized spacial score (nSPS) is 17.6. The minimum Gasteiger partial charge on any atom is -0.493 e. The number of carbonyl (C=O) groups is 4. The first-order valence-electron chi connectivity index (χ1n) is 15.1. The number of hydrogen-bond acceptors (Lipinski definition) is 10. The van der Waals surface area contributed by atoms with Gasteiger partial charge in [-0.3, -0.25) is 19.2 Å². The van der Waals surface area contributed by atoms with Crippen molar-refractivity contribution in [1.29, 1.82) is 0 Å². The van der Waals surface area contributed by atoms with Gasteiger partial charge in [-0.1, -0.05) is 34.6 Å². The number of rotatable bonds is 15. The van der Waals surface area contributed by atoms with E-state index in [-0.39, 0.29) is 42.0 Å². The average Bonchev–Trinajstić information content (AvgIpc) is 3.00. The van der Waals surface area contributed by atoms with E-state index < -0.39 is 36.2 Å². The lowest BCUT2D eigenvalue weighted by Gasteiger charge is -2.37. The fraction of sp³-hybridized carbons (Fsp3) is 0.543. The van der Waals surface area contributed by atoms with E-state index in [0.29, 0.717) is 45.4 Å². The molecule has 45 heavy (non-hydrogen) atoms. The Kier molecular flexibility index (Phi) is 12.0. The van der Waals surface area contributed by atoms with E-state index in [1.165, 1.54) is 35.5 Å². The van der Waals surface area contributed by atoms with Gasteiger partial charge in [-0.2, -0.15) is 0 Å². The second-order valence-electron chi connectivity index (χ2n) is 12.2. The van der Waals surface area contributed by atoms with E-state index in [0.717, 1.165) is 0 Å². The molecule has 3 atom stereocenters. The van der Waals surface area contributed by atoms with Crippen molar-refractivity contribution in [3.8, 4) is 28.7 Å². The van der Waals surface area contributed by atoms with Gasteiger partial charge in [0, 0.05) is 30.2 Å². The molecule has 0 heterocycles. The molecule has 0 saturated heterocycles. The number of esters is 1. The van der Waals surface area contributed by atoms with Crippen molar-refractivity contribution in [3.05, 3.63) is 41.0 Å². The maximum atomic E-state index is 14.1. The van der Waals surface area contributed by atoms with Gasteiger partial charge >= 0.3 is 5.97 Å². The van der Waals surface area contributed by atoms with Crippen LogP contribution in [-0.4, -0.2) is 65.5 Å². The second kappa shape index (κ2) is 15.3. The highest BCUT2D eigenvalue weighted by molar-refractivity contribution is 6.05. The Bertz CT molecular complexity index is 1360. The summed E-state index contributed by atoms with van der Waals surface area (Å²) in [5, 5.41) is 0. The van der Waals surface area contributed by atoms with Gasteiger partial charge in [-0.05, 0) is 47.2 Å². The first-order chi connectivity index (χ1) is 21.3. The first kappa shape index (κ1) is 35.4. The molecule has 0 radical (unpaired) electrons. The number of ether oxygens (including phenoxy) is 6. The molecular formula is C35H46O10. The molecule has 10 heteroatoms. The summed E-state index contributed by atoms with van der Waals surface area (Å²) in [5.41, 5.74) is 1.50. The monoisotopic (exact) mass is 626 g/mol. The smallest absolute Gasteiger partial charge is 0.310 e. The van der Waals surface area contributed by atoms with Gasteiger partial charge < -0.3 is 28.4 Å². The number of methoxy groups -OCH3 is 5. The molecule has 0 bridgehead atoms. The summed E-state index contributed by atoms with van der Waals surface area (Å²) < 4.78 is 33.6. The van der Waals surface area contributed by atoms with Crippen LogP contribution in [0.2, 0.25) is 0 Å². The summed E-state index contributed by atoms with van der Waals surface area (Å²) in [7, 11) is 7.44. The van der Waals surface area contributed by atoms with Crippen LogP contribution in [0.25, 0.3) is 0 Å². The quantitative estimate of drug-likeness (QED) is 0.180. The number of ketones is 3. The van der Waals surface area contributed by atoms with Crippen molar-refractivity contribution in [1.82, 2.24) is 0 Å². The molecule has 0 spiro atoms. The summed E-state index contributed by atoms with van der Waals surface area (Å²) in [6, 6.07) is 6.77. The van der Waals surface area contributed by atoms with Crippen LogP contribution in [0.1, 0.15) is 74.9 Å². The molecule has 3 rings (SSSR count). The zero-order valence-corrected chi connectivity index (χ0v) is 28.0. The van der Waals surface area contributed by atoms with E-state index >= 15 is 0 Å². The van der Waals surface area contributed by atoms with Gasteiger partial charge in [0.05, 0.1) is 41.5 Å². The van der Waals surface area contributed by atoms with Gasteiger partial charge in [-0.25, -0.2) is 0 Å². The SMILES string of the molecule is COc1cc2c(cc1OC)C(c1cc(OC)c(OC)c(OC)c1)C(C(=O)OCC(C(=O)CC(C)C)C(=O)CC(C)C)C(C)C2=O. The molecule has 0 N–H and O–H groups in total. The molecule has 10 nitrogen and oxygen atoms in total. The Morgan fingerprint density at radius 3 is 1.64 bits per heavy atom.